The first-order valence-electron chi connectivity index (χ1n) is 6.36. The highest BCUT2D eigenvalue weighted by molar-refractivity contribution is 5.75. The van der Waals surface area contributed by atoms with E-state index >= 15 is 0 Å². The van der Waals surface area contributed by atoms with Crippen molar-refractivity contribution in [3.05, 3.63) is 0 Å². The van der Waals surface area contributed by atoms with Crippen molar-refractivity contribution < 1.29 is 4.79 Å². The number of carbonyl (C=O) groups excluding carboxylic acids is 1. The Bertz CT molecular complexity index is 235. The number of hydrogen-bond acceptors (Lipinski definition) is 1. The van der Waals surface area contributed by atoms with Gasteiger partial charge in [0.05, 0.1) is 0 Å². The number of urea groups is 1. The van der Waals surface area contributed by atoms with Crippen molar-refractivity contribution in [1.29, 1.82) is 0 Å². The fraction of sp³-hybridized carbons (Fsp3) is 0.923. The smallest absolute Gasteiger partial charge is 0.317 e. The van der Waals surface area contributed by atoms with E-state index < -0.39 is 0 Å². The molecule has 0 radical (unpaired) electrons. The standard InChI is InChI=1S/C13H26N2O/c1-10(2)11-6-8-15(9-7-11)12(16)14-13(3,4)5/h10-11H,6-9H2,1-5H3,(H,14,16). The summed E-state index contributed by atoms with van der Waals surface area (Å²) in [4.78, 5) is 13.9. The van der Waals surface area contributed by atoms with Gasteiger partial charge in [0.1, 0.15) is 0 Å². The molecule has 1 N–H and O–H groups in total. The van der Waals surface area contributed by atoms with Gasteiger partial charge in [-0.3, -0.25) is 0 Å². The van der Waals surface area contributed by atoms with Crippen molar-refractivity contribution >= 4 is 6.03 Å². The van der Waals surface area contributed by atoms with E-state index in [1.54, 1.807) is 0 Å². The summed E-state index contributed by atoms with van der Waals surface area (Å²) in [6, 6.07) is 0.0923. The van der Waals surface area contributed by atoms with Gasteiger partial charge >= 0.3 is 6.03 Å². The largest absolute Gasteiger partial charge is 0.333 e. The summed E-state index contributed by atoms with van der Waals surface area (Å²) < 4.78 is 0. The maximum absolute atomic E-state index is 11.9. The van der Waals surface area contributed by atoms with Crippen molar-refractivity contribution in [3.63, 3.8) is 0 Å². The molecule has 1 saturated heterocycles. The summed E-state index contributed by atoms with van der Waals surface area (Å²) >= 11 is 0. The van der Waals surface area contributed by atoms with E-state index in [0.717, 1.165) is 37.8 Å². The number of likely N-dealkylation sites (tertiary alicyclic amines) is 1. The second-order valence-corrected chi connectivity index (χ2v) is 6.25. The molecular formula is C13H26N2O. The third-order valence-electron chi connectivity index (χ3n) is 3.25. The normalized spacial score (nSPS) is 19.0. The third kappa shape index (κ3) is 4.03. The van der Waals surface area contributed by atoms with Gasteiger partial charge in [0, 0.05) is 18.6 Å². The molecule has 0 bridgehead atoms. The second-order valence-electron chi connectivity index (χ2n) is 6.25. The molecule has 0 spiro atoms. The van der Waals surface area contributed by atoms with Crippen molar-refractivity contribution in [3.8, 4) is 0 Å². The highest BCUT2D eigenvalue weighted by Crippen LogP contribution is 2.24. The molecule has 0 saturated carbocycles. The molecule has 0 aromatic rings. The van der Waals surface area contributed by atoms with E-state index in [-0.39, 0.29) is 11.6 Å². The van der Waals surface area contributed by atoms with E-state index in [1.165, 1.54) is 0 Å². The minimum atomic E-state index is -0.133. The first kappa shape index (κ1) is 13.3. The molecule has 0 atom stereocenters. The van der Waals surface area contributed by atoms with E-state index in [4.69, 9.17) is 0 Å². The van der Waals surface area contributed by atoms with Crippen LogP contribution in [0.3, 0.4) is 0 Å². The average molecular weight is 226 g/mol. The zero-order valence-electron chi connectivity index (χ0n) is 11.3. The van der Waals surface area contributed by atoms with E-state index in [0.29, 0.717) is 0 Å². The monoisotopic (exact) mass is 226 g/mol. The molecule has 0 aromatic heterocycles. The summed E-state index contributed by atoms with van der Waals surface area (Å²) in [7, 11) is 0. The van der Waals surface area contributed by atoms with Crippen LogP contribution in [-0.2, 0) is 0 Å². The van der Waals surface area contributed by atoms with Gasteiger partial charge in [-0.15, -0.1) is 0 Å². The Balaban J connectivity index is 2.39. The van der Waals surface area contributed by atoms with Crippen LogP contribution in [0.1, 0.15) is 47.5 Å². The Morgan fingerprint density at radius 1 is 1.25 bits per heavy atom. The average Bonchev–Trinajstić information content (AvgIpc) is 2.15. The number of piperidine rings is 1. The summed E-state index contributed by atoms with van der Waals surface area (Å²) in [5.41, 5.74) is -0.133. The maximum atomic E-state index is 11.9. The summed E-state index contributed by atoms with van der Waals surface area (Å²) in [6.45, 7) is 12.4. The molecule has 1 rings (SSSR count). The van der Waals surface area contributed by atoms with Crippen LogP contribution in [0.4, 0.5) is 4.79 Å². The summed E-state index contributed by atoms with van der Waals surface area (Å²) in [5, 5.41) is 3.02. The Kier molecular flexibility index (Phi) is 4.22. The highest BCUT2D eigenvalue weighted by atomic mass is 16.2. The molecule has 1 aliphatic rings. The van der Waals surface area contributed by atoms with E-state index in [1.807, 2.05) is 25.7 Å². The van der Waals surface area contributed by atoms with Gasteiger partial charge in [0.25, 0.3) is 0 Å². The number of nitrogens with one attached hydrogen (secondary N) is 1. The lowest BCUT2D eigenvalue weighted by atomic mass is 9.87. The van der Waals surface area contributed by atoms with Crippen molar-refractivity contribution in [2.24, 2.45) is 11.8 Å². The maximum Gasteiger partial charge on any atom is 0.317 e. The minimum Gasteiger partial charge on any atom is -0.333 e. The molecule has 16 heavy (non-hydrogen) atoms. The van der Waals surface area contributed by atoms with Crippen LogP contribution >= 0.6 is 0 Å². The van der Waals surface area contributed by atoms with Gasteiger partial charge in [-0.05, 0) is 45.4 Å². The fourth-order valence-corrected chi connectivity index (χ4v) is 2.17. The first-order chi connectivity index (χ1) is 7.29. The zero-order valence-corrected chi connectivity index (χ0v) is 11.3. The first-order valence-corrected chi connectivity index (χ1v) is 6.36. The quantitative estimate of drug-likeness (QED) is 0.732. The second kappa shape index (κ2) is 5.07. The van der Waals surface area contributed by atoms with Crippen LogP contribution in [0, 0.1) is 11.8 Å². The van der Waals surface area contributed by atoms with Crippen molar-refractivity contribution in [1.82, 2.24) is 10.2 Å². The Labute approximate surface area is 99.6 Å². The number of amides is 2. The molecule has 3 heteroatoms. The number of rotatable bonds is 1. The van der Waals surface area contributed by atoms with Gasteiger partial charge in [-0.2, -0.15) is 0 Å². The third-order valence-corrected chi connectivity index (χ3v) is 3.25. The van der Waals surface area contributed by atoms with Gasteiger partial charge in [0.2, 0.25) is 0 Å². The van der Waals surface area contributed by atoms with Crippen LogP contribution in [0.15, 0.2) is 0 Å². The van der Waals surface area contributed by atoms with Gasteiger partial charge in [-0.1, -0.05) is 13.8 Å². The molecular weight excluding hydrogens is 200 g/mol. The van der Waals surface area contributed by atoms with E-state index in [9.17, 15) is 4.79 Å². The number of hydrogen-bond donors (Lipinski definition) is 1. The van der Waals surface area contributed by atoms with Crippen LogP contribution in [0.5, 0.6) is 0 Å². The van der Waals surface area contributed by atoms with Crippen LogP contribution in [0.25, 0.3) is 0 Å². The predicted molar refractivity (Wildman–Crippen MR) is 67.4 cm³/mol. The molecule has 0 aromatic carbocycles. The lowest BCUT2D eigenvalue weighted by molar-refractivity contribution is 0.150. The van der Waals surface area contributed by atoms with Crippen molar-refractivity contribution in [2.45, 2.75) is 53.0 Å². The Morgan fingerprint density at radius 3 is 2.12 bits per heavy atom. The SMILES string of the molecule is CC(C)C1CCN(C(=O)NC(C)(C)C)CC1. The lowest BCUT2D eigenvalue weighted by Gasteiger charge is -2.35. The number of nitrogens with zero attached hydrogens (tertiary/aromatic N) is 1. The lowest BCUT2D eigenvalue weighted by Crippen LogP contribution is -2.51. The van der Waals surface area contributed by atoms with Gasteiger partial charge in [0.15, 0.2) is 0 Å². The summed E-state index contributed by atoms with van der Waals surface area (Å²) in [6.07, 6.45) is 2.30. The molecule has 1 aliphatic heterocycles. The predicted octanol–water partition coefficient (Wildman–Crippen LogP) is 2.86. The van der Waals surface area contributed by atoms with Gasteiger partial charge < -0.3 is 10.2 Å². The van der Waals surface area contributed by atoms with Crippen LogP contribution < -0.4 is 5.32 Å². The molecule has 1 heterocycles. The van der Waals surface area contributed by atoms with Crippen LogP contribution in [0.2, 0.25) is 0 Å². The topological polar surface area (TPSA) is 32.3 Å². The Hall–Kier alpha value is -0.730. The number of carbonyl (C=O) groups is 1. The zero-order chi connectivity index (χ0) is 12.3. The van der Waals surface area contributed by atoms with E-state index in [2.05, 4.69) is 19.2 Å². The molecule has 3 nitrogen and oxygen atoms in total. The highest BCUT2D eigenvalue weighted by Gasteiger charge is 2.26. The molecule has 1 fully saturated rings. The molecule has 0 unspecified atom stereocenters. The Morgan fingerprint density at radius 2 is 1.75 bits per heavy atom. The van der Waals surface area contributed by atoms with Crippen molar-refractivity contribution in [2.75, 3.05) is 13.1 Å². The minimum absolute atomic E-state index is 0.0923. The van der Waals surface area contributed by atoms with Crippen LogP contribution in [-0.4, -0.2) is 29.6 Å². The summed E-state index contributed by atoms with van der Waals surface area (Å²) in [5.74, 6) is 1.53. The molecule has 2 amide bonds. The molecule has 0 aliphatic carbocycles. The fourth-order valence-electron chi connectivity index (χ4n) is 2.17. The van der Waals surface area contributed by atoms with Gasteiger partial charge in [-0.25, -0.2) is 4.79 Å². The molecule has 94 valence electrons.